The van der Waals surface area contributed by atoms with Crippen molar-refractivity contribution in [2.45, 2.75) is 13.0 Å². The maximum Gasteiger partial charge on any atom is 0.207 e. The Morgan fingerprint density at radius 1 is 1.70 bits per heavy atom. The molecule has 0 saturated heterocycles. The van der Waals surface area contributed by atoms with Crippen molar-refractivity contribution in [3.8, 4) is 0 Å². The second-order valence-electron chi connectivity index (χ2n) is 2.39. The van der Waals surface area contributed by atoms with E-state index in [1.807, 2.05) is 25.1 Å². The number of rotatable bonds is 0. The lowest BCUT2D eigenvalue weighted by Crippen LogP contribution is -2.43. The summed E-state index contributed by atoms with van der Waals surface area (Å²) < 4.78 is 0. The molecule has 0 aromatic carbocycles. The van der Waals surface area contributed by atoms with Crippen molar-refractivity contribution in [1.29, 1.82) is 5.41 Å². The molecule has 1 aliphatic rings. The van der Waals surface area contributed by atoms with E-state index in [0.29, 0.717) is 6.04 Å². The molecule has 1 heterocycles. The third kappa shape index (κ3) is 0.974. The molecule has 0 aromatic rings. The second kappa shape index (κ2) is 2.30. The van der Waals surface area contributed by atoms with Gasteiger partial charge in [-0.2, -0.15) is 0 Å². The van der Waals surface area contributed by atoms with Crippen molar-refractivity contribution in [2.24, 2.45) is 5.73 Å². The molecule has 0 saturated carbocycles. The van der Waals surface area contributed by atoms with Crippen LogP contribution in [0.25, 0.3) is 0 Å². The summed E-state index contributed by atoms with van der Waals surface area (Å²) in [5.41, 5.74) is 5.27. The zero-order chi connectivity index (χ0) is 7.72. The zero-order valence-corrected chi connectivity index (χ0v) is 6.20. The van der Waals surface area contributed by atoms with Crippen LogP contribution in [0.4, 0.5) is 0 Å². The average molecular weight is 140 g/mol. The van der Waals surface area contributed by atoms with E-state index in [0.717, 1.165) is 0 Å². The maximum absolute atomic E-state index is 7.12. The first-order valence-electron chi connectivity index (χ1n) is 3.17. The fourth-order valence-electron chi connectivity index (χ4n) is 0.882. The van der Waals surface area contributed by atoms with Gasteiger partial charge in [-0.1, -0.05) is 0 Å². The Labute approximate surface area is 60.4 Å². The quantitative estimate of drug-likeness (QED) is 0.366. The first kappa shape index (κ1) is 7.08. The van der Waals surface area contributed by atoms with E-state index in [1.54, 1.807) is 11.2 Å². The largest absolute Gasteiger partial charge is 0.369 e. The van der Waals surface area contributed by atoms with Gasteiger partial charge >= 0.3 is 0 Å². The zero-order valence-electron chi connectivity index (χ0n) is 6.20. The van der Waals surface area contributed by atoms with Crippen molar-refractivity contribution < 1.29 is 0 Å². The molecule has 56 valence electrons. The Morgan fingerprint density at radius 3 is 2.50 bits per heavy atom. The molecule has 1 rings (SSSR count). The van der Waals surface area contributed by atoms with Crippen LogP contribution in [0.15, 0.2) is 12.3 Å². The van der Waals surface area contributed by atoms with Gasteiger partial charge < -0.3 is 5.73 Å². The highest BCUT2D eigenvalue weighted by Gasteiger charge is 2.19. The fraction of sp³-hybridized carbons (Fsp3) is 0.500. The van der Waals surface area contributed by atoms with Crippen molar-refractivity contribution in [1.82, 2.24) is 10.0 Å². The molecule has 0 aromatic heterocycles. The van der Waals surface area contributed by atoms with Crippen LogP contribution in [0.3, 0.4) is 0 Å². The highest BCUT2D eigenvalue weighted by atomic mass is 15.7. The minimum absolute atomic E-state index is 0.0584. The maximum atomic E-state index is 7.12. The van der Waals surface area contributed by atoms with Crippen LogP contribution in [0.1, 0.15) is 6.92 Å². The molecule has 3 N–H and O–H groups in total. The van der Waals surface area contributed by atoms with Crippen molar-refractivity contribution in [2.75, 3.05) is 7.05 Å². The number of nitrogens with zero attached hydrogens (tertiary/aromatic N) is 2. The Hall–Kier alpha value is -1.03. The van der Waals surface area contributed by atoms with Crippen molar-refractivity contribution in [3.05, 3.63) is 12.3 Å². The fourth-order valence-corrected chi connectivity index (χ4v) is 0.882. The summed E-state index contributed by atoms with van der Waals surface area (Å²) in [6, 6.07) is 0.337. The van der Waals surface area contributed by atoms with E-state index in [2.05, 4.69) is 0 Å². The third-order valence-corrected chi connectivity index (χ3v) is 1.68. The molecule has 4 nitrogen and oxygen atoms in total. The number of guanidine groups is 1. The Bertz CT molecular complexity index is 175. The van der Waals surface area contributed by atoms with E-state index >= 15 is 0 Å². The average Bonchev–Trinajstić information content (AvgIpc) is 2.14. The van der Waals surface area contributed by atoms with Gasteiger partial charge in [0, 0.05) is 19.3 Å². The second-order valence-corrected chi connectivity index (χ2v) is 2.39. The van der Waals surface area contributed by atoms with Gasteiger partial charge in [0.2, 0.25) is 5.96 Å². The Kier molecular flexibility index (Phi) is 1.63. The van der Waals surface area contributed by atoms with E-state index in [-0.39, 0.29) is 5.96 Å². The molecular weight excluding hydrogens is 128 g/mol. The summed E-state index contributed by atoms with van der Waals surface area (Å²) in [6.45, 7) is 2.04. The molecule has 0 aliphatic carbocycles. The molecule has 1 atom stereocenters. The van der Waals surface area contributed by atoms with Gasteiger partial charge in [0.15, 0.2) is 0 Å². The topological polar surface area (TPSA) is 56.4 Å². The number of hydrogen-bond donors (Lipinski definition) is 2. The molecule has 0 amide bonds. The SMILES string of the molecule is CC1C=CN(C(=N)N)N1C. The van der Waals surface area contributed by atoms with Crippen LogP contribution in [0.5, 0.6) is 0 Å². The molecular formula is C6H12N4. The van der Waals surface area contributed by atoms with Crippen molar-refractivity contribution in [3.63, 3.8) is 0 Å². The Balaban J connectivity index is 2.66. The smallest absolute Gasteiger partial charge is 0.207 e. The summed E-state index contributed by atoms with van der Waals surface area (Å²) in [4.78, 5) is 0. The van der Waals surface area contributed by atoms with Gasteiger partial charge in [-0.05, 0) is 13.0 Å². The van der Waals surface area contributed by atoms with Crippen LogP contribution in [-0.2, 0) is 0 Å². The third-order valence-electron chi connectivity index (χ3n) is 1.68. The molecule has 0 radical (unpaired) electrons. The summed E-state index contributed by atoms with van der Waals surface area (Å²) in [6.07, 6.45) is 3.79. The number of hydrazine groups is 1. The predicted octanol–water partition coefficient (Wildman–Crippen LogP) is -0.0555. The lowest BCUT2D eigenvalue weighted by atomic mass is 10.3. The van der Waals surface area contributed by atoms with Crippen LogP contribution in [-0.4, -0.2) is 29.1 Å². The molecule has 1 unspecified atom stereocenters. The highest BCUT2D eigenvalue weighted by molar-refractivity contribution is 5.75. The summed E-state index contributed by atoms with van der Waals surface area (Å²) in [5, 5.41) is 10.6. The number of nitrogens with one attached hydrogen (secondary N) is 1. The van der Waals surface area contributed by atoms with Gasteiger partial charge in [0.05, 0.1) is 0 Å². The van der Waals surface area contributed by atoms with Gasteiger partial charge in [-0.15, -0.1) is 0 Å². The molecule has 10 heavy (non-hydrogen) atoms. The van der Waals surface area contributed by atoms with Gasteiger partial charge in [-0.3, -0.25) is 10.4 Å². The van der Waals surface area contributed by atoms with E-state index in [9.17, 15) is 0 Å². The summed E-state index contributed by atoms with van der Waals surface area (Å²) >= 11 is 0. The number of hydrogen-bond acceptors (Lipinski definition) is 2. The molecule has 0 spiro atoms. The highest BCUT2D eigenvalue weighted by Crippen LogP contribution is 2.10. The Morgan fingerprint density at radius 2 is 2.30 bits per heavy atom. The molecule has 1 aliphatic heterocycles. The number of likely N-dealkylation sites (N-methyl/N-ethyl adjacent to an activating group) is 1. The standard InChI is InChI=1S/C6H12N4/c1-5-3-4-10(6(7)8)9(5)2/h3-5H,1-2H3,(H3,7,8). The van der Waals surface area contributed by atoms with Crippen LogP contribution in [0.2, 0.25) is 0 Å². The van der Waals surface area contributed by atoms with Gasteiger partial charge in [0.25, 0.3) is 0 Å². The molecule has 0 fully saturated rings. The van der Waals surface area contributed by atoms with E-state index in [1.165, 1.54) is 0 Å². The van der Waals surface area contributed by atoms with Gasteiger partial charge in [0.1, 0.15) is 0 Å². The summed E-state index contributed by atoms with van der Waals surface area (Å²) in [5.74, 6) is 0.0584. The minimum atomic E-state index is 0.0584. The normalized spacial score (nSPS) is 25.8. The van der Waals surface area contributed by atoms with Crippen LogP contribution in [0, 0.1) is 5.41 Å². The lowest BCUT2D eigenvalue weighted by Gasteiger charge is -2.26. The first-order chi connectivity index (χ1) is 4.63. The number of nitrogens with two attached hydrogens (primary N) is 1. The van der Waals surface area contributed by atoms with Gasteiger partial charge in [-0.25, -0.2) is 5.01 Å². The van der Waals surface area contributed by atoms with Crippen molar-refractivity contribution >= 4 is 5.96 Å². The lowest BCUT2D eigenvalue weighted by molar-refractivity contribution is 0.124. The monoisotopic (exact) mass is 140 g/mol. The minimum Gasteiger partial charge on any atom is -0.369 e. The first-order valence-corrected chi connectivity index (χ1v) is 3.17. The van der Waals surface area contributed by atoms with Crippen LogP contribution >= 0.6 is 0 Å². The van der Waals surface area contributed by atoms with E-state index < -0.39 is 0 Å². The van der Waals surface area contributed by atoms with Crippen LogP contribution < -0.4 is 5.73 Å². The molecule has 4 heteroatoms. The summed E-state index contributed by atoms with van der Waals surface area (Å²) in [7, 11) is 1.89. The predicted molar refractivity (Wildman–Crippen MR) is 40.1 cm³/mol. The molecule has 0 bridgehead atoms. The van der Waals surface area contributed by atoms with E-state index in [4.69, 9.17) is 11.1 Å².